The largest absolute Gasteiger partial charge is 0.471 e. The Morgan fingerprint density at radius 3 is 2.79 bits per heavy atom. The summed E-state index contributed by atoms with van der Waals surface area (Å²) < 4.78 is 5.64. The normalized spacial score (nSPS) is 19.5. The van der Waals surface area contributed by atoms with Crippen molar-refractivity contribution in [3.05, 3.63) is 64.2 Å². The van der Waals surface area contributed by atoms with E-state index in [-0.39, 0.29) is 18.7 Å². The van der Waals surface area contributed by atoms with Gasteiger partial charge in [0.1, 0.15) is 5.75 Å². The molecular weight excluding hydrogens is 262 g/mol. The van der Waals surface area contributed by atoms with E-state index in [0.717, 1.165) is 16.7 Å². The van der Waals surface area contributed by atoms with Gasteiger partial charge in [0.05, 0.1) is 11.1 Å². The summed E-state index contributed by atoms with van der Waals surface area (Å²) in [6.45, 7) is 0.245. The minimum Gasteiger partial charge on any atom is -0.471 e. The Balaban J connectivity index is 1.98. The standard InChI is InChI=1S/C15H10ClNO2/c16-12-7-3-6-11-13-9-4-1-2-5-10(9)15(18)17(13)8-19-14(11)12/h1-7,13H,8H2. The third-order valence-electron chi connectivity index (χ3n) is 3.70. The number of carbonyl (C=O) groups excluding carboxylic acids is 1. The molecule has 2 aliphatic rings. The molecular formula is C15H10ClNO2. The zero-order valence-corrected chi connectivity index (χ0v) is 10.7. The third-order valence-corrected chi connectivity index (χ3v) is 4.00. The molecule has 0 N–H and O–H groups in total. The molecule has 19 heavy (non-hydrogen) atoms. The Hall–Kier alpha value is -2.00. The maximum Gasteiger partial charge on any atom is 0.257 e. The van der Waals surface area contributed by atoms with Crippen molar-refractivity contribution in [1.29, 1.82) is 0 Å². The summed E-state index contributed by atoms with van der Waals surface area (Å²) in [5, 5.41) is 0.592. The summed E-state index contributed by atoms with van der Waals surface area (Å²) in [7, 11) is 0. The van der Waals surface area contributed by atoms with Crippen LogP contribution in [0.4, 0.5) is 0 Å². The lowest BCUT2D eigenvalue weighted by molar-refractivity contribution is 0.0499. The first-order valence-corrected chi connectivity index (χ1v) is 6.46. The van der Waals surface area contributed by atoms with Crippen molar-refractivity contribution in [2.75, 3.05) is 6.73 Å². The van der Waals surface area contributed by atoms with Crippen LogP contribution in [0.1, 0.15) is 27.5 Å². The number of carbonyl (C=O) groups is 1. The summed E-state index contributed by atoms with van der Waals surface area (Å²) in [6, 6.07) is 13.3. The fourth-order valence-electron chi connectivity index (χ4n) is 2.87. The van der Waals surface area contributed by atoms with Gasteiger partial charge in [0.15, 0.2) is 6.73 Å². The summed E-state index contributed by atoms with van der Waals surface area (Å²) in [5.41, 5.74) is 2.74. The van der Waals surface area contributed by atoms with Gasteiger partial charge in [-0.05, 0) is 17.7 Å². The molecule has 2 aromatic carbocycles. The second-order valence-corrected chi connectivity index (χ2v) is 5.10. The topological polar surface area (TPSA) is 29.5 Å². The lowest BCUT2D eigenvalue weighted by Crippen LogP contribution is -2.36. The van der Waals surface area contributed by atoms with Gasteiger partial charge in [-0.1, -0.05) is 41.9 Å². The van der Waals surface area contributed by atoms with Gasteiger partial charge < -0.3 is 4.74 Å². The molecule has 2 heterocycles. The molecule has 0 aliphatic carbocycles. The molecule has 1 amide bonds. The van der Waals surface area contributed by atoms with Crippen molar-refractivity contribution in [2.45, 2.75) is 6.04 Å². The van der Waals surface area contributed by atoms with Crippen molar-refractivity contribution < 1.29 is 9.53 Å². The minimum atomic E-state index is -0.0776. The highest BCUT2D eigenvalue weighted by atomic mass is 35.5. The number of fused-ring (bicyclic) bond motifs is 5. The maximum atomic E-state index is 12.3. The molecule has 0 saturated heterocycles. The molecule has 2 aromatic rings. The number of para-hydroxylation sites is 1. The van der Waals surface area contributed by atoms with E-state index in [1.54, 1.807) is 11.0 Å². The Kier molecular flexibility index (Phi) is 2.15. The van der Waals surface area contributed by atoms with E-state index in [2.05, 4.69) is 0 Å². The van der Waals surface area contributed by atoms with Crippen LogP contribution in [0.5, 0.6) is 5.75 Å². The fraction of sp³-hybridized carbons (Fsp3) is 0.133. The van der Waals surface area contributed by atoms with Crippen LogP contribution in [0, 0.1) is 0 Å². The molecule has 0 radical (unpaired) electrons. The Labute approximate surface area is 115 Å². The van der Waals surface area contributed by atoms with Crippen molar-refractivity contribution in [3.8, 4) is 5.75 Å². The summed E-state index contributed by atoms with van der Waals surface area (Å²) in [4.78, 5) is 14.1. The van der Waals surface area contributed by atoms with Crippen LogP contribution in [-0.2, 0) is 0 Å². The number of nitrogens with zero attached hydrogens (tertiary/aromatic N) is 1. The van der Waals surface area contributed by atoms with Gasteiger partial charge in [-0.3, -0.25) is 9.69 Å². The number of ether oxygens (including phenoxy) is 1. The van der Waals surface area contributed by atoms with E-state index in [0.29, 0.717) is 10.8 Å². The summed E-state index contributed by atoms with van der Waals surface area (Å²) in [6.07, 6.45) is 0. The van der Waals surface area contributed by atoms with Crippen molar-refractivity contribution in [1.82, 2.24) is 4.90 Å². The first-order valence-electron chi connectivity index (χ1n) is 6.08. The zero-order valence-electron chi connectivity index (χ0n) is 9.97. The van der Waals surface area contributed by atoms with Crippen LogP contribution in [0.25, 0.3) is 0 Å². The molecule has 3 nitrogen and oxygen atoms in total. The van der Waals surface area contributed by atoms with Gasteiger partial charge >= 0.3 is 0 Å². The Bertz CT molecular complexity index is 698. The van der Waals surface area contributed by atoms with Crippen LogP contribution < -0.4 is 4.74 Å². The highest BCUT2D eigenvalue weighted by Gasteiger charge is 2.41. The maximum absolute atomic E-state index is 12.3. The molecule has 2 aliphatic heterocycles. The van der Waals surface area contributed by atoms with Gasteiger partial charge in [-0.2, -0.15) is 0 Å². The molecule has 0 fully saturated rings. The SMILES string of the molecule is O=C1c2ccccc2C2c3cccc(Cl)c3OCN12. The quantitative estimate of drug-likeness (QED) is 0.736. The number of amides is 1. The molecule has 0 bridgehead atoms. The molecule has 4 heteroatoms. The number of halogens is 1. The van der Waals surface area contributed by atoms with Crippen molar-refractivity contribution in [2.24, 2.45) is 0 Å². The van der Waals surface area contributed by atoms with E-state index in [4.69, 9.17) is 16.3 Å². The molecule has 0 spiro atoms. The number of rotatable bonds is 0. The van der Waals surface area contributed by atoms with Crippen LogP contribution >= 0.6 is 11.6 Å². The Morgan fingerprint density at radius 1 is 1.11 bits per heavy atom. The first kappa shape index (κ1) is 10.9. The van der Waals surface area contributed by atoms with Crippen LogP contribution in [-0.4, -0.2) is 17.5 Å². The molecule has 4 rings (SSSR count). The highest BCUT2D eigenvalue weighted by molar-refractivity contribution is 6.32. The molecule has 0 aromatic heterocycles. The average Bonchev–Trinajstić information content (AvgIpc) is 2.74. The van der Waals surface area contributed by atoms with E-state index < -0.39 is 0 Å². The predicted molar refractivity (Wildman–Crippen MR) is 71.4 cm³/mol. The van der Waals surface area contributed by atoms with E-state index >= 15 is 0 Å². The van der Waals surface area contributed by atoms with Gasteiger partial charge in [-0.15, -0.1) is 0 Å². The number of benzene rings is 2. The monoisotopic (exact) mass is 271 g/mol. The number of hydrogen-bond acceptors (Lipinski definition) is 2. The van der Waals surface area contributed by atoms with Gasteiger partial charge in [0, 0.05) is 11.1 Å². The average molecular weight is 272 g/mol. The van der Waals surface area contributed by atoms with E-state index in [1.807, 2.05) is 36.4 Å². The third kappa shape index (κ3) is 1.36. The first-order chi connectivity index (χ1) is 9.27. The smallest absolute Gasteiger partial charge is 0.257 e. The Morgan fingerprint density at radius 2 is 1.89 bits per heavy atom. The van der Waals surface area contributed by atoms with Gasteiger partial charge in [0.25, 0.3) is 5.91 Å². The number of hydrogen-bond donors (Lipinski definition) is 0. The van der Waals surface area contributed by atoms with Gasteiger partial charge in [0.2, 0.25) is 0 Å². The molecule has 1 unspecified atom stereocenters. The minimum absolute atomic E-state index is 0.0197. The highest BCUT2D eigenvalue weighted by Crippen LogP contribution is 2.46. The van der Waals surface area contributed by atoms with Crippen LogP contribution in [0.3, 0.4) is 0 Å². The second-order valence-electron chi connectivity index (χ2n) is 4.70. The summed E-state index contributed by atoms with van der Waals surface area (Å²) in [5.74, 6) is 0.709. The van der Waals surface area contributed by atoms with Crippen LogP contribution in [0.15, 0.2) is 42.5 Å². The predicted octanol–water partition coefficient (Wildman–Crippen LogP) is 3.24. The van der Waals surface area contributed by atoms with Gasteiger partial charge in [-0.25, -0.2) is 0 Å². The second kappa shape index (κ2) is 3.75. The molecule has 94 valence electrons. The summed E-state index contributed by atoms with van der Waals surface area (Å²) >= 11 is 6.17. The van der Waals surface area contributed by atoms with Crippen molar-refractivity contribution >= 4 is 17.5 Å². The van der Waals surface area contributed by atoms with Crippen LogP contribution in [0.2, 0.25) is 5.02 Å². The zero-order chi connectivity index (χ0) is 13.0. The van der Waals surface area contributed by atoms with Crippen molar-refractivity contribution in [3.63, 3.8) is 0 Å². The molecule has 1 atom stereocenters. The lowest BCUT2D eigenvalue weighted by Gasteiger charge is -2.32. The fourth-order valence-corrected chi connectivity index (χ4v) is 3.10. The lowest BCUT2D eigenvalue weighted by atomic mass is 9.97. The van der Waals surface area contributed by atoms with E-state index in [1.165, 1.54) is 0 Å². The van der Waals surface area contributed by atoms with E-state index in [9.17, 15) is 4.79 Å². The molecule has 0 saturated carbocycles.